The number of imidazole rings is 1. The average Bonchev–Trinajstić information content (AvgIpc) is 3.16. The second-order valence-corrected chi connectivity index (χ2v) is 6.65. The minimum atomic E-state index is -0.434. The molecule has 0 fully saturated rings. The minimum absolute atomic E-state index is 0.0113. The Labute approximate surface area is 160 Å². The summed E-state index contributed by atoms with van der Waals surface area (Å²) in [5.41, 5.74) is 1.94. The van der Waals surface area contributed by atoms with E-state index in [1.54, 1.807) is 43.6 Å². The molecule has 1 heterocycles. The lowest BCUT2D eigenvalue weighted by molar-refractivity contribution is -0.385. The molecule has 2 aromatic carbocycles. The molecule has 0 atom stereocenters. The SMILES string of the molecule is CSc1nccn1-c1ccc(C(=O)N(C)Cc2ccccc2[N+](=O)[O-])cc1. The van der Waals surface area contributed by atoms with E-state index < -0.39 is 4.92 Å². The molecule has 0 aliphatic heterocycles. The summed E-state index contributed by atoms with van der Waals surface area (Å²) in [7, 11) is 1.63. The topological polar surface area (TPSA) is 81.3 Å². The van der Waals surface area contributed by atoms with Crippen molar-refractivity contribution < 1.29 is 9.72 Å². The molecule has 1 amide bonds. The largest absolute Gasteiger partial charge is 0.337 e. The molecule has 0 unspecified atom stereocenters. The van der Waals surface area contributed by atoms with Crippen LogP contribution in [0.4, 0.5) is 5.69 Å². The zero-order valence-electron chi connectivity index (χ0n) is 14.9. The van der Waals surface area contributed by atoms with Crippen LogP contribution in [0.2, 0.25) is 0 Å². The maximum absolute atomic E-state index is 12.7. The Hall–Kier alpha value is -3.13. The van der Waals surface area contributed by atoms with Crippen molar-refractivity contribution in [1.29, 1.82) is 0 Å². The van der Waals surface area contributed by atoms with Crippen LogP contribution < -0.4 is 0 Å². The molecule has 0 aliphatic rings. The Bertz CT molecular complexity index is 969. The van der Waals surface area contributed by atoms with Gasteiger partial charge in [-0.3, -0.25) is 19.5 Å². The summed E-state index contributed by atoms with van der Waals surface area (Å²) in [6.45, 7) is 0.163. The van der Waals surface area contributed by atoms with Crippen molar-refractivity contribution in [3.05, 3.63) is 82.2 Å². The molecule has 0 spiro atoms. The first kappa shape index (κ1) is 18.7. The lowest BCUT2D eigenvalue weighted by Gasteiger charge is -2.17. The van der Waals surface area contributed by atoms with Gasteiger partial charge in [0.15, 0.2) is 5.16 Å². The molecular weight excluding hydrogens is 364 g/mol. The van der Waals surface area contributed by atoms with Crippen molar-refractivity contribution in [3.8, 4) is 5.69 Å². The lowest BCUT2D eigenvalue weighted by atomic mass is 10.1. The number of carbonyl (C=O) groups excluding carboxylic acids is 1. The average molecular weight is 382 g/mol. The Balaban J connectivity index is 1.77. The van der Waals surface area contributed by atoms with Crippen LogP contribution in [-0.4, -0.2) is 38.6 Å². The maximum Gasteiger partial charge on any atom is 0.274 e. The monoisotopic (exact) mass is 382 g/mol. The van der Waals surface area contributed by atoms with Crippen LogP contribution in [0.1, 0.15) is 15.9 Å². The molecule has 0 saturated heterocycles. The van der Waals surface area contributed by atoms with Crippen molar-refractivity contribution in [2.45, 2.75) is 11.7 Å². The van der Waals surface area contributed by atoms with Crippen molar-refractivity contribution in [1.82, 2.24) is 14.5 Å². The molecular formula is C19H18N4O3S. The number of nitrogens with zero attached hydrogens (tertiary/aromatic N) is 4. The quantitative estimate of drug-likeness (QED) is 0.368. The van der Waals surface area contributed by atoms with E-state index in [0.29, 0.717) is 11.1 Å². The lowest BCUT2D eigenvalue weighted by Crippen LogP contribution is -2.26. The van der Waals surface area contributed by atoms with Gasteiger partial charge in [-0.25, -0.2) is 4.98 Å². The fraction of sp³-hybridized carbons (Fsp3) is 0.158. The molecule has 1 aromatic heterocycles. The number of hydrogen-bond acceptors (Lipinski definition) is 5. The van der Waals surface area contributed by atoms with Crippen LogP contribution in [0.15, 0.2) is 66.1 Å². The summed E-state index contributed by atoms with van der Waals surface area (Å²) in [6, 6.07) is 13.6. The number of hydrogen-bond donors (Lipinski definition) is 0. The second-order valence-electron chi connectivity index (χ2n) is 5.88. The Kier molecular flexibility index (Phi) is 5.56. The smallest absolute Gasteiger partial charge is 0.274 e. The second kappa shape index (κ2) is 8.05. The van der Waals surface area contributed by atoms with Gasteiger partial charge in [0.25, 0.3) is 11.6 Å². The predicted octanol–water partition coefficient (Wildman–Crippen LogP) is 3.77. The highest BCUT2D eigenvalue weighted by molar-refractivity contribution is 7.98. The van der Waals surface area contributed by atoms with E-state index in [0.717, 1.165) is 10.8 Å². The van der Waals surface area contributed by atoms with Crippen LogP contribution in [0.3, 0.4) is 0 Å². The number of para-hydroxylation sites is 1. The van der Waals surface area contributed by atoms with Crippen molar-refractivity contribution in [2.75, 3.05) is 13.3 Å². The van der Waals surface area contributed by atoms with E-state index >= 15 is 0 Å². The van der Waals surface area contributed by atoms with Gasteiger partial charge in [0.05, 0.1) is 11.5 Å². The summed E-state index contributed by atoms with van der Waals surface area (Å²) in [6.07, 6.45) is 5.54. The highest BCUT2D eigenvalue weighted by atomic mass is 32.2. The van der Waals surface area contributed by atoms with Gasteiger partial charge in [0.2, 0.25) is 0 Å². The fourth-order valence-corrected chi connectivity index (χ4v) is 3.30. The van der Waals surface area contributed by atoms with Crippen molar-refractivity contribution in [2.24, 2.45) is 0 Å². The number of amides is 1. The maximum atomic E-state index is 12.7. The van der Waals surface area contributed by atoms with Gasteiger partial charge >= 0.3 is 0 Å². The van der Waals surface area contributed by atoms with Crippen LogP contribution in [0.5, 0.6) is 0 Å². The molecule has 138 valence electrons. The third-order valence-electron chi connectivity index (χ3n) is 4.12. The Morgan fingerprint density at radius 1 is 1.22 bits per heavy atom. The molecule has 0 aliphatic carbocycles. The number of nitro groups is 1. The summed E-state index contributed by atoms with van der Waals surface area (Å²) in [4.78, 5) is 29.1. The molecule has 0 radical (unpaired) electrons. The molecule has 0 N–H and O–H groups in total. The number of carbonyl (C=O) groups is 1. The zero-order valence-corrected chi connectivity index (χ0v) is 15.7. The predicted molar refractivity (Wildman–Crippen MR) is 104 cm³/mol. The van der Waals surface area contributed by atoms with Crippen molar-refractivity contribution >= 4 is 23.4 Å². The Morgan fingerprint density at radius 3 is 2.59 bits per heavy atom. The molecule has 27 heavy (non-hydrogen) atoms. The molecule has 0 bridgehead atoms. The van der Waals surface area contributed by atoms with E-state index in [9.17, 15) is 14.9 Å². The van der Waals surface area contributed by atoms with Crippen LogP contribution in [0.25, 0.3) is 5.69 Å². The number of thioether (sulfide) groups is 1. The molecule has 8 heteroatoms. The third-order valence-corrected chi connectivity index (χ3v) is 4.79. The summed E-state index contributed by atoms with van der Waals surface area (Å²) < 4.78 is 1.94. The molecule has 0 saturated carbocycles. The van der Waals surface area contributed by atoms with E-state index in [2.05, 4.69) is 4.98 Å². The fourth-order valence-electron chi connectivity index (χ4n) is 2.77. The van der Waals surface area contributed by atoms with Gasteiger partial charge in [0.1, 0.15) is 0 Å². The molecule has 3 rings (SSSR count). The van der Waals surface area contributed by atoms with E-state index in [1.165, 1.54) is 22.7 Å². The standard InChI is InChI=1S/C19H18N4O3S/c1-21(13-15-5-3-4-6-17(15)23(25)26)18(24)14-7-9-16(10-8-14)22-12-11-20-19(22)27-2/h3-12H,13H2,1-2H3. The Morgan fingerprint density at radius 2 is 1.93 bits per heavy atom. The van der Waals surface area contributed by atoms with Crippen LogP contribution in [0, 0.1) is 10.1 Å². The number of rotatable bonds is 6. The number of aromatic nitrogens is 2. The normalized spacial score (nSPS) is 10.6. The first-order chi connectivity index (χ1) is 13.0. The zero-order chi connectivity index (χ0) is 19.4. The van der Waals surface area contributed by atoms with Gasteiger partial charge in [-0.2, -0.15) is 0 Å². The highest BCUT2D eigenvalue weighted by Crippen LogP contribution is 2.21. The first-order valence-corrected chi connectivity index (χ1v) is 9.39. The minimum Gasteiger partial charge on any atom is -0.337 e. The molecule has 3 aromatic rings. The first-order valence-electron chi connectivity index (χ1n) is 8.17. The number of nitro benzene ring substituents is 1. The van der Waals surface area contributed by atoms with E-state index in [1.807, 2.05) is 29.2 Å². The van der Waals surface area contributed by atoms with Crippen LogP contribution in [-0.2, 0) is 6.54 Å². The summed E-state index contributed by atoms with van der Waals surface area (Å²) in [5, 5.41) is 12.0. The van der Waals surface area contributed by atoms with Gasteiger partial charge in [0, 0.05) is 42.3 Å². The molecule has 7 nitrogen and oxygen atoms in total. The third kappa shape index (κ3) is 4.01. The van der Waals surface area contributed by atoms with Gasteiger partial charge < -0.3 is 4.90 Å². The van der Waals surface area contributed by atoms with Crippen LogP contribution >= 0.6 is 11.8 Å². The van der Waals surface area contributed by atoms with Gasteiger partial charge in [-0.1, -0.05) is 30.0 Å². The van der Waals surface area contributed by atoms with E-state index in [4.69, 9.17) is 0 Å². The summed E-state index contributed by atoms with van der Waals surface area (Å²) in [5.74, 6) is -0.199. The summed E-state index contributed by atoms with van der Waals surface area (Å²) >= 11 is 1.54. The highest BCUT2D eigenvalue weighted by Gasteiger charge is 2.18. The van der Waals surface area contributed by atoms with E-state index in [-0.39, 0.29) is 18.1 Å². The van der Waals surface area contributed by atoms with Gasteiger partial charge in [-0.15, -0.1) is 0 Å². The number of benzene rings is 2. The van der Waals surface area contributed by atoms with Gasteiger partial charge in [-0.05, 0) is 30.5 Å². The van der Waals surface area contributed by atoms with Crippen molar-refractivity contribution in [3.63, 3.8) is 0 Å².